The summed E-state index contributed by atoms with van der Waals surface area (Å²) >= 11 is 1.68. The van der Waals surface area contributed by atoms with Crippen molar-refractivity contribution in [3.05, 3.63) is 71.5 Å². The molecule has 2 heterocycles. The third-order valence-electron chi connectivity index (χ3n) is 6.92. The van der Waals surface area contributed by atoms with E-state index in [1.54, 1.807) is 45.8 Å². The lowest BCUT2D eigenvalue weighted by atomic mass is 10.0. The molecule has 0 bridgehead atoms. The lowest BCUT2D eigenvalue weighted by Crippen LogP contribution is -2.77. The number of fused-ring (bicyclic) bond motifs is 1. The van der Waals surface area contributed by atoms with Gasteiger partial charge in [0.1, 0.15) is 18.2 Å². The van der Waals surface area contributed by atoms with E-state index in [1.165, 1.54) is 22.7 Å². The van der Waals surface area contributed by atoms with Gasteiger partial charge in [-0.2, -0.15) is 11.8 Å². The minimum Gasteiger partial charge on any atom is -0.481 e. The molecule has 2 aromatic carbocycles. The van der Waals surface area contributed by atoms with Gasteiger partial charge in [-0.05, 0) is 29.7 Å². The molecule has 2 aliphatic rings. The van der Waals surface area contributed by atoms with Gasteiger partial charge in [0.25, 0.3) is 0 Å². The quantitative estimate of drug-likeness (QED) is 0.380. The van der Waals surface area contributed by atoms with Crippen LogP contribution in [-0.4, -0.2) is 98.8 Å². The Labute approximate surface area is 231 Å². The number of carboxylic acids is 1. The van der Waals surface area contributed by atoms with Gasteiger partial charge in [-0.3, -0.25) is 9.59 Å². The first kappa shape index (κ1) is 28.8. The van der Waals surface area contributed by atoms with Crippen LogP contribution in [0, 0.1) is 5.82 Å². The van der Waals surface area contributed by atoms with Crippen LogP contribution in [0.2, 0.25) is 0 Å². The predicted molar refractivity (Wildman–Crippen MR) is 145 cm³/mol. The van der Waals surface area contributed by atoms with Gasteiger partial charge in [0, 0.05) is 38.1 Å². The van der Waals surface area contributed by atoms with Gasteiger partial charge < -0.3 is 20.4 Å². The number of halogens is 1. The Kier molecular flexibility index (Phi) is 9.78. The molecule has 39 heavy (non-hydrogen) atoms. The molecule has 0 aromatic heterocycles. The Balaban J connectivity index is 1.49. The van der Waals surface area contributed by atoms with Crippen molar-refractivity contribution in [1.29, 1.82) is 0 Å². The molecule has 2 saturated heterocycles. The van der Waals surface area contributed by atoms with Crippen LogP contribution in [0.3, 0.4) is 0 Å². The molecule has 2 aliphatic heterocycles. The van der Waals surface area contributed by atoms with E-state index in [9.17, 15) is 29.0 Å². The van der Waals surface area contributed by atoms with Gasteiger partial charge in [0.15, 0.2) is 0 Å². The average Bonchev–Trinajstić information content (AvgIpc) is 2.91. The van der Waals surface area contributed by atoms with Crippen LogP contribution in [0.4, 0.5) is 9.18 Å². The minimum atomic E-state index is -1.06. The number of piperazine rings is 1. The summed E-state index contributed by atoms with van der Waals surface area (Å²) in [5, 5.41) is 26.2. The molecule has 4 rings (SSSR count). The number of amides is 3. The van der Waals surface area contributed by atoms with Gasteiger partial charge in [-0.15, -0.1) is 0 Å². The summed E-state index contributed by atoms with van der Waals surface area (Å²) in [7, 11) is 1.68. The lowest BCUT2D eigenvalue weighted by molar-refractivity contribution is -0.223. The fourth-order valence-electron chi connectivity index (χ4n) is 5.01. The average molecular weight is 560 g/mol. The van der Waals surface area contributed by atoms with E-state index in [2.05, 4.69) is 5.32 Å². The number of urea groups is 1. The normalized spacial score (nSPS) is 22.0. The number of thioether (sulfide) groups is 1. The number of nitrogens with one attached hydrogen (secondary N) is 1. The van der Waals surface area contributed by atoms with Gasteiger partial charge in [0.2, 0.25) is 5.91 Å². The third kappa shape index (κ3) is 7.27. The summed E-state index contributed by atoms with van der Waals surface area (Å²) in [5.41, 5.74) is 1.90. The van der Waals surface area contributed by atoms with E-state index in [4.69, 9.17) is 0 Å². The first-order chi connectivity index (χ1) is 18.7. The second kappa shape index (κ2) is 13.2. The number of hydrogen-bond donors (Lipinski definition) is 3. The highest BCUT2D eigenvalue weighted by atomic mass is 32.2. The van der Waals surface area contributed by atoms with E-state index in [-0.39, 0.29) is 44.2 Å². The van der Waals surface area contributed by atoms with Crippen LogP contribution >= 0.6 is 11.8 Å². The Bertz CT molecular complexity index is 1140. The van der Waals surface area contributed by atoms with Gasteiger partial charge in [-0.1, -0.05) is 42.5 Å². The topological polar surface area (TPSA) is 117 Å². The smallest absolute Gasteiger partial charge is 0.333 e. The number of aliphatic carboxylic acids is 1. The molecule has 12 heteroatoms. The number of aliphatic hydroxyl groups is 1. The zero-order valence-electron chi connectivity index (χ0n) is 21.8. The Hall–Kier alpha value is -3.19. The molecule has 0 radical (unpaired) electrons. The molecule has 210 valence electrons. The maximum absolute atomic E-state index is 13.5. The second-order valence-corrected chi connectivity index (χ2v) is 10.8. The Morgan fingerprint density at radius 3 is 2.49 bits per heavy atom. The number of aliphatic hydroxyl groups excluding tert-OH is 1. The fourth-order valence-corrected chi connectivity index (χ4v) is 5.93. The van der Waals surface area contributed by atoms with E-state index in [1.807, 2.05) is 30.3 Å². The highest BCUT2D eigenvalue weighted by Gasteiger charge is 2.50. The Morgan fingerprint density at radius 2 is 1.79 bits per heavy atom. The highest BCUT2D eigenvalue weighted by Crippen LogP contribution is 2.30. The van der Waals surface area contributed by atoms with E-state index < -0.39 is 30.4 Å². The molecule has 0 saturated carbocycles. The molecule has 3 N–H and O–H groups in total. The summed E-state index contributed by atoms with van der Waals surface area (Å²) in [6, 6.07) is 14.5. The molecule has 2 aromatic rings. The maximum atomic E-state index is 13.5. The second-order valence-electron chi connectivity index (χ2n) is 9.65. The number of carboxylic acid groups (broad SMARTS) is 1. The molecule has 1 unspecified atom stereocenters. The molecule has 2 fully saturated rings. The molecule has 3 amide bonds. The van der Waals surface area contributed by atoms with Gasteiger partial charge in [0.05, 0.1) is 19.1 Å². The SMILES string of the molecule is CN1CC(O)N2[C@@H](CCC(=O)O)C(=O)N(CCSCc3ccccc3)C[C@@H]2N1C(=O)NCc1ccc(F)cc1. The summed E-state index contributed by atoms with van der Waals surface area (Å²) < 4.78 is 13.3. The standard InChI is InChI=1S/C27H34FN5O5S/c1-30-17-24(34)32-22(11-12-25(35)36)26(37)31(13-14-39-18-20-5-3-2-4-6-20)16-23(32)33(30)27(38)29-15-19-7-9-21(28)10-8-19/h2-10,22-24,34H,11-18H2,1H3,(H,29,38)(H,35,36)/t22-,23-,24?/m0/s1. The third-order valence-corrected chi connectivity index (χ3v) is 7.93. The number of hydrogen-bond acceptors (Lipinski definition) is 7. The number of β-amino-alcohol motifs (C(OH)–C–C–N with tert-alkyl or cyclic N) is 1. The number of carbonyl (C=O) groups excluding carboxylic acids is 2. The van der Waals surface area contributed by atoms with E-state index >= 15 is 0 Å². The van der Waals surface area contributed by atoms with Crippen LogP contribution in [0.25, 0.3) is 0 Å². The molecule has 3 atom stereocenters. The largest absolute Gasteiger partial charge is 0.481 e. The monoisotopic (exact) mass is 559 g/mol. The number of carbonyl (C=O) groups is 3. The van der Waals surface area contributed by atoms with Crippen LogP contribution in [0.5, 0.6) is 0 Å². The number of likely N-dealkylation sites (N-methyl/N-ethyl adjacent to an activating group) is 1. The zero-order valence-corrected chi connectivity index (χ0v) is 22.6. The van der Waals surface area contributed by atoms with Crippen LogP contribution in [0.15, 0.2) is 54.6 Å². The first-order valence-corrected chi connectivity index (χ1v) is 14.0. The summed E-state index contributed by atoms with van der Waals surface area (Å²) in [6.45, 7) is 0.818. The molecule has 10 nitrogen and oxygen atoms in total. The van der Waals surface area contributed by atoms with Crippen molar-refractivity contribution in [2.45, 2.75) is 43.6 Å². The van der Waals surface area contributed by atoms with Crippen molar-refractivity contribution in [3.8, 4) is 0 Å². The van der Waals surface area contributed by atoms with Gasteiger partial charge >= 0.3 is 12.0 Å². The molecular weight excluding hydrogens is 525 g/mol. The van der Waals surface area contributed by atoms with Crippen LogP contribution < -0.4 is 5.32 Å². The van der Waals surface area contributed by atoms with Crippen LogP contribution in [-0.2, 0) is 21.9 Å². The van der Waals surface area contributed by atoms with Crippen molar-refractivity contribution in [1.82, 2.24) is 25.1 Å². The highest BCUT2D eigenvalue weighted by molar-refractivity contribution is 7.98. The van der Waals surface area contributed by atoms with Crippen molar-refractivity contribution in [2.75, 3.05) is 32.4 Å². The number of hydrazine groups is 1. The summed E-state index contributed by atoms with van der Waals surface area (Å²) in [4.78, 5) is 41.5. The molecule has 0 aliphatic carbocycles. The number of rotatable bonds is 10. The summed E-state index contributed by atoms with van der Waals surface area (Å²) in [5.74, 6) is -0.198. The molecular formula is C27H34FN5O5S. The lowest BCUT2D eigenvalue weighted by Gasteiger charge is -2.56. The van der Waals surface area contributed by atoms with Crippen molar-refractivity contribution >= 4 is 29.7 Å². The fraction of sp³-hybridized carbons (Fsp3) is 0.444. The zero-order chi connectivity index (χ0) is 27.9. The predicted octanol–water partition coefficient (Wildman–Crippen LogP) is 2.15. The first-order valence-electron chi connectivity index (χ1n) is 12.8. The minimum absolute atomic E-state index is 0.0180. The molecule has 0 spiro atoms. The Morgan fingerprint density at radius 1 is 1.08 bits per heavy atom. The van der Waals surface area contributed by atoms with Crippen molar-refractivity contribution in [3.63, 3.8) is 0 Å². The maximum Gasteiger partial charge on any atom is 0.333 e. The number of benzene rings is 2. The summed E-state index contributed by atoms with van der Waals surface area (Å²) in [6.07, 6.45) is -1.97. The van der Waals surface area contributed by atoms with E-state index in [0.29, 0.717) is 12.3 Å². The van der Waals surface area contributed by atoms with Crippen molar-refractivity contribution < 1.29 is 29.0 Å². The van der Waals surface area contributed by atoms with Crippen molar-refractivity contribution in [2.24, 2.45) is 0 Å². The van der Waals surface area contributed by atoms with Gasteiger partial charge in [-0.25, -0.2) is 24.1 Å². The number of nitrogens with zero attached hydrogens (tertiary/aromatic N) is 4. The van der Waals surface area contributed by atoms with Crippen LogP contribution in [0.1, 0.15) is 24.0 Å². The van der Waals surface area contributed by atoms with E-state index in [0.717, 1.165) is 11.3 Å².